The van der Waals surface area contributed by atoms with Crippen molar-refractivity contribution in [1.82, 2.24) is 0 Å². The SMILES string of the molecule is CCCCC(C)(CCCC)c1cc(C)c(O)c(/C=N/[C@H]2CCCC[C@@H]2/N=C/c2cc(C(C)(CCCC)CCC[N+](CCCC)(CCCC)CCCC)cc(C)c2O)c1. The van der Waals surface area contributed by atoms with Gasteiger partial charge in [0, 0.05) is 23.6 Å². The molecule has 2 aromatic carbocycles. The second kappa shape index (κ2) is 25.2. The molecule has 0 aliphatic heterocycles. The number of aryl methyl sites for hydroxylation is 2. The fraction of sp³-hybridized carbons (Fsp3) is 0.736. The predicted molar refractivity (Wildman–Crippen MR) is 254 cm³/mol. The van der Waals surface area contributed by atoms with Crippen molar-refractivity contribution >= 4 is 12.4 Å². The maximum absolute atomic E-state index is 11.4. The lowest BCUT2D eigenvalue weighted by Crippen LogP contribution is -2.51. The van der Waals surface area contributed by atoms with Crippen molar-refractivity contribution in [3.05, 3.63) is 57.6 Å². The summed E-state index contributed by atoms with van der Waals surface area (Å²) in [5, 5.41) is 22.7. The van der Waals surface area contributed by atoms with Gasteiger partial charge >= 0.3 is 0 Å². The van der Waals surface area contributed by atoms with Crippen molar-refractivity contribution in [2.24, 2.45) is 9.98 Å². The van der Waals surface area contributed by atoms with Crippen LogP contribution in [0.2, 0.25) is 0 Å². The molecular weight excluding hydrogens is 711 g/mol. The van der Waals surface area contributed by atoms with E-state index in [1.54, 1.807) is 0 Å². The molecule has 0 spiro atoms. The quantitative estimate of drug-likeness (QED) is 0.0665. The zero-order valence-electron chi connectivity index (χ0n) is 39.5. The molecule has 1 saturated carbocycles. The predicted octanol–water partition coefficient (Wildman–Crippen LogP) is 14.6. The molecule has 2 aromatic rings. The van der Waals surface area contributed by atoms with Crippen LogP contribution in [0.1, 0.15) is 224 Å². The first-order valence-corrected chi connectivity index (χ1v) is 24.4. The van der Waals surface area contributed by atoms with Crippen LogP contribution in [0.3, 0.4) is 0 Å². The van der Waals surface area contributed by atoms with E-state index in [0.717, 1.165) is 67.2 Å². The van der Waals surface area contributed by atoms with Crippen LogP contribution < -0.4 is 0 Å². The molecule has 3 atom stereocenters. The van der Waals surface area contributed by atoms with Crippen LogP contribution in [0.4, 0.5) is 0 Å². The van der Waals surface area contributed by atoms with E-state index in [1.807, 2.05) is 19.4 Å². The van der Waals surface area contributed by atoms with E-state index in [-0.39, 0.29) is 22.9 Å². The number of unbranched alkanes of at least 4 members (excludes halogenated alkanes) is 6. The number of rotatable bonds is 28. The number of phenols is 2. The Morgan fingerprint density at radius 3 is 1.21 bits per heavy atom. The molecule has 0 saturated heterocycles. The first-order chi connectivity index (χ1) is 27.8. The Hall–Kier alpha value is -2.66. The highest BCUT2D eigenvalue weighted by Gasteiger charge is 2.32. The highest BCUT2D eigenvalue weighted by atomic mass is 16.3. The maximum Gasteiger partial charge on any atom is 0.127 e. The van der Waals surface area contributed by atoms with Gasteiger partial charge in [-0.1, -0.05) is 138 Å². The van der Waals surface area contributed by atoms with Crippen LogP contribution in [-0.4, -0.2) is 65.4 Å². The highest BCUT2D eigenvalue weighted by molar-refractivity contribution is 5.86. The smallest absolute Gasteiger partial charge is 0.127 e. The third-order valence-corrected chi connectivity index (χ3v) is 14.1. The van der Waals surface area contributed by atoms with Gasteiger partial charge in [0.15, 0.2) is 0 Å². The molecule has 5 nitrogen and oxygen atoms in total. The monoisotopic (exact) mass is 801 g/mol. The molecular formula is C53H90N3O2+. The number of phenolic OH excluding ortho intramolecular Hbond substituents is 2. The molecule has 0 heterocycles. The number of nitrogens with zero attached hydrogens (tertiary/aromatic N) is 3. The molecule has 1 fully saturated rings. The van der Waals surface area contributed by atoms with Crippen LogP contribution in [0.5, 0.6) is 11.5 Å². The summed E-state index contributed by atoms with van der Waals surface area (Å²) < 4.78 is 1.29. The summed E-state index contributed by atoms with van der Waals surface area (Å²) in [6.45, 7) is 28.1. The van der Waals surface area contributed by atoms with Gasteiger partial charge in [0.2, 0.25) is 0 Å². The molecule has 0 aromatic heterocycles. The molecule has 328 valence electrons. The van der Waals surface area contributed by atoms with Gasteiger partial charge in [-0.05, 0) is 123 Å². The Morgan fingerprint density at radius 1 is 0.534 bits per heavy atom. The second-order valence-corrected chi connectivity index (χ2v) is 19.3. The molecule has 0 amide bonds. The Balaban J connectivity index is 1.91. The van der Waals surface area contributed by atoms with Crippen molar-refractivity contribution in [3.63, 3.8) is 0 Å². The van der Waals surface area contributed by atoms with Gasteiger partial charge in [0.1, 0.15) is 11.5 Å². The number of aromatic hydroxyl groups is 2. The number of quaternary nitrogens is 1. The third kappa shape index (κ3) is 14.5. The van der Waals surface area contributed by atoms with E-state index in [9.17, 15) is 10.2 Å². The summed E-state index contributed by atoms with van der Waals surface area (Å²) in [7, 11) is 0. The van der Waals surface area contributed by atoms with Crippen LogP contribution in [0.25, 0.3) is 0 Å². The van der Waals surface area contributed by atoms with E-state index in [1.165, 1.54) is 132 Å². The summed E-state index contributed by atoms with van der Waals surface area (Å²) in [6.07, 6.45) is 29.0. The number of hydrogen-bond donors (Lipinski definition) is 2. The van der Waals surface area contributed by atoms with E-state index in [4.69, 9.17) is 9.98 Å². The number of hydrogen-bond acceptors (Lipinski definition) is 4. The Kier molecular flexibility index (Phi) is 21.6. The van der Waals surface area contributed by atoms with E-state index < -0.39 is 0 Å². The number of aliphatic imine (C=N–C) groups is 2. The molecule has 1 aliphatic carbocycles. The molecule has 1 unspecified atom stereocenters. The summed E-state index contributed by atoms with van der Waals surface area (Å²) in [6, 6.07) is 9.04. The van der Waals surface area contributed by atoms with Gasteiger partial charge in [-0.15, -0.1) is 0 Å². The van der Waals surface area contributed by atoms with E-state index >= 15 is 0 Å². The van der Waals surface area contributed by atoms with Crippen molar-refractivity contribution in [2.45, 2.75) is 227 Å². The van der Waals surface area contributed by atoms with Crippen LogP contribution in [0.15, 0.2) is 34.3 Å². The molecule has 58 heavy (non-hydrogen) atoms. The molecule has 0 radical (unpaired) electrons. The lowest BCUT2D eigenvalue weighted by molar-refractivity contribution is -0.929. The Morgan fingerprint density at radius 2 is 0.862 bits per heavy atom. The second-order valence-electron chi connectivity index (χ2n) is 19.3. The molecule has 1 aliphatic rings. The Bertz CT molecular complexity index is 1510. The summed E-state index contributed by atoms with van der Waals surface area (Å²) >= 11 is 0. The van der Waals surface area contributed by atoms with Crippen LogP contribution in [-0.2, 0) is 10.8 Å². The zero-order chi connectivity index (χ0) is 42.6. The fourth-order valence-electron chi connectivity index (χ4n) is 9.78. The topological polar surface area (TPSA) is 65.2 Å². The molecule has 0 bridgehead atoms. The van der Waals surface area contributed by atoms with E-state index in [0.29, 0.717) is 11.5 Å². The van der Waals surface area contributed by atoms with Crippen LogP contribution in [0, 0.1) is 13.8 Å². The van der Waals surface area contributed by atoms with Gasteiger partial charge in [-0.2, -0.15) is 0 Å². The first kappa shape index (κ1) is 49.7. The average molecular weight is 801 g/mol. The normalized spacial score (nSPS) is 17.8. The zero-order valence-corrected chi connectivity index (χ0v) is 39.5. The highest BCUT2D eigenvalue weighted by Crippen LogP contribution is 2.40. The van der Waals surface area contributed by atoms with E-state index in [2.05, 4.69) is 86.6 Å². The summed E-state index contributed by atoms with van der Waals surface area (Å²) in [5.41, 5.74) is 6.34. The lowest BCUT2D eigenvalue weighted by Gasteiger charge is -2.40. The van der Waals surface area contributed by atoms with Crippen molar-refractivity contribution in [3.8, 4) is 11.5 Å². The van der Waals surface area contributed by atoms with Crippen molar-refractivity contribution < 1.29 is 14.7 Å². The van der Waals surface area contributed by atoms with Gasteiger partial charge < -0.3 is 14.7 Å². The average Bonchev–Trinajstić information content (AvgIpc) is 3.22. The minimum atomic E-state index is 0.0441. The van der Waals surface area contributed by atoms with Crippen molar-refractivity contribution in [1.29, 1.82) is 0 Å². The standard InChI is InChI=1S/C53H89N3O2/c1-11-17-28-52(9,29-18-12-2)46-36-42(7)50(57)44(38-46)40-54-48-26-23-24-27-49(48)55-41-45-39-47(37-43(8)51(45)58)53(10,30-19-13-3)31-25-35-56(32-20-14-4,33-21-15-5)34-22-16-6/h36-41,48-49H,11-35H2,1-10H3,(H-,54,55,57,58)/p+1/t48-,49-,53?/m0/s1. The third-order valence-electron chi connectivity index (χ3n) is 14.1. The van der Waals surface area contributed by atoms with Crippen molar-refractivity contribution in [2.75, 3.05) is 26.2 Å². The van der Waals surface area contributed by atoms with Gasteiger partial charge in [0.05, 0.1) is 38.3 Å². The number of benzene rings is 2. The molecule has 2 N–H and O–H groups in total. The Labute approximate surface area is 358 Å². The van der Waals surface area contributed by atoms with Gasteiger partial charge in [0.25, 0.3) is 0 Å². The summed E-state index contributed by atoms with van der Waals surface area (Å²) in [5.74, 6) is 0.689. The van der Waals surface area contributed by atoms with Gasteiger partial charge in [-0.3, -0.25) is 9.98 Å². The first-order valence-electron chi connectivity index (χ1n) is 24.4. The fourth-order valence-corrected chi connectivity index (χ4v) is 9.78. The summed E-state index contributed by atoms with van der Waals surface area (Å²) in [4.78, 5) is 10.4. The lowest BCUT2D eigenvalue weighted by atomic mass is 9.73. The van der Waals surface area contributed by atoms with Gasteiger partial charge in [-0.25, -0.2) is 0 Å². The molecule has 5 heteroatoms. The minimum Gasteiger partial charge on any atom is -0.507 e. The largest absolute Gasteiger partial charge is 0.507 e. The molecule has 3 rings (SSSR count). The van der Waals surface area contributed by atoms with Crippen LogP contribution >= 0.6 is 0 Å². The minimum absolute atomic E-state index is 0.0441. The maximum atomic E-state index is 11.4.